The third-order valence-corrected chi connectivity index (χ3v) is 4.87. The van der Waals surface area contributed by atoms with Crippen molar-refractivity contribution in [3.05, 3.63) is 0 Å². The fraction of sp³-hybridized carbons (Fsp3) is 0.857. The van der Waals surface area contributed by atoms with Gasteiger partial charge >= 0.3 is 5.97 Å². The lowest BCUT2D eigenvalue weighted by atomic mass is 9.52. The number of ketones is 1. The molecule has 3 heteroatoms. The molecule has 17 heavy (non-hydrogen) atoms. The lowest BCUT2D eigenvalue weighted by Gasteiger charge is -2.50. The number of rotatable bonds is 4. The highest BCUT2D eigenvalue weighted by Crippen LogP contribution is 2.57. The molecule has 0 spiro atoms. The Kier molecular flexibility index (Phi) is 3.28. The van der Waals surface area contributed by atoms with Crippen LogP contribution in [0, 0.1) is 10.8 Å². The van der Waals surface area contributed by atoms with Gasteiger partial charge in [0.05, 0.1) is 12.0 Å². The zero-order valence-corrected chi connectivity index (χ0v) is 10.9. The van der Waals surface area contributed by atoms with Crippen LogP contribution in [0.1, 0.15) is 58.8 Å². The fourth-order valence-corrected chi connectivity index (χ4v) is 3.57. The maximum atomic E-state index is 12.0. The molecule has 3 rings (SSSR count). The number of Topliss-reactive ketones (excluding diaryl/α,β-unsaturated/α-hetero) is 1. The summed E-state index contributed by atoms with van der Waals surface area (Å²) in [6, 6.07) is 0. The number of fused-ring (bicyclic) bond motifs is 3. The van der Waals surface area contributed by atoms with Crippen molar-refractivity contribution in [3.63, 3.8) is 0 Å². The molecule has 0 atom stereocenters. The summed E-state index contributed by atoms with van der Waals surface area (Å²) in [5.41, 5.74) is -0.352. The average molecular weight is 238 g/mol. The smallest absolute Gasteiger partial charge is 0.312 e. The molecule has 3 aliphatic rings. The average Bonchev–Trinajstić information content (AvgIpc) is 2.40. The van der Waals surface area contributed by atoms with Gasteiger partial charge in [-0.2, -0.15) is 0 Å². The first kappa shape index (κ1) is 12.6. The summed E-state index contributed by atoms with van der Waals surface area (Å²) >= 11 is 0. The van der Waals surface area contributed by atoms with Crippen LogP contribution in [0.4, 0.5) is 0 Å². The Morgan fingerprint density at radius 1 is 0.941 bits per heavy atom. The van der Waals surface area contributed by atoms with E-state index in [9.17, 15) is 9.59 Å². The lowest BCUT2D eigenvalue weighted by molar-refractivity contribution is -0.168. The number of hydrogen-bond donors (Lipinski definition) is 0. The van der Waals surface area contributed by atoms with Crippen molar-refractivity contribution in [2.75, 3.05) is 6.61 Å². The van der Waals surface area contributed by atoms with Gasteiger partial charge in [-0.15, -0.1) is 0 Å². The topological polar surface area (TPSA) is 43.4 Å². The summed E-state index contributed by atoms with van der Waals surface area (Å²) in [6.45, 7) is 4.25. The van der Waals surface area contributed by atoms with E-state index in [2.05, 4.69) is 0 Å². The SMILES string of the molecule is CCOC(=O)C12CCC(C(=O)CC)(CC1)CC2. The van der Waals surface area contributed by atoms with E-state index in [-0.39, 0.29) is 16.8 Å². The van der Waals surface area contributed by atoms with E-state index in [0.717, 1.165) is 38.5 Å². The highest BCUT2D eigenvalue weighted by Gasteiger charge is 2.55. The summed E-state index contributed by atoms with van der Waals surface area (Å²) in [4.78, 5) is 24.0. The molecule has 3 nitrogen and oxygen atoms in total. The third kappa shape index (κ3) is 1.90. The molecule has 2 bridgehead atoms. The molecule has 0 unspecified atom stereocenters. The number of carbonyl (C=O) groups is 2. The van der Waals surface area contributed by atoms with Gasteiger partial charge in [-0.1, -0.05) is 6.92 Å². The van der Waals surface area contributed by atoms with E-state index in [1.807, 2.05) is 13.8 Å². The predicted octanol–water partition coefficient (Wildman–Crippen LogP) is 2.87. The Labute approximate surface area is 103 Å². The third-order valence-electron chi connectivity index (χ3n) is 4.87. The maximum Gasteiger partial charge on any atom is 0.312 e. The van der Waals surface area contributed by atoms with Crippen LogP contribution in [0.15, 0.2) is 0 Å². The van der Waals surface area contributed by atoms with Gasteiger partial charge in [-0.05, 0) is 45.4 Å². The van der Waals surface area contributed by atoms with E-state index in [4.69, 9.17) is 4.74 Å². The first-order chi connectivity index (χ1) is 8.08. The minimum Gasteiger partial charge on any atom is -0.466 e. The Bertz CT molecular complexity index is 308. The second-order valence-electron chi connectivity index (χ2n) is 5.56. The zero-order chi connectivity index (χ0) is 12.5. The number of hydrogen-bond acceptors (Lipinski definition) is 3. The highest BCUT2D eigenvalue weighted by atomic mass is 16.5. The van der Waals surface area contributed by atoms with Crippen LogP contribution >= 0.6 is 0 Å². The highest BCUT2D eigenvalue weighted by molar-refractivity contribution is 5.86. The Morgan fingerprint density at radius 2 is 1.41 bits per heavy atom. The molecule has 0 N–H and O–H groups in total. The van der Waals surface area contributed by atoms with Gasteiger partial charge in [-0.25, -0.2) is 0 Å². The van der Waals surface area contributed by atoms with Gasteiger partial charge in [-0.3, -0.25) is 9.59 Å². The minimum atomic E-state index is -0.258. The molecular weight excluding hydrogens is 216 g/mol. The summed E-state index contributed by atoms with van der Waals surface area (Å²) in [6.07, 6.45) is 5.83. The van der Waals surface area contributed by atoms with Crippen LogP contribution in [-0.2, 0) is 14.3 Å². The van der Waals surface area contributed by atoms with Crippen LogP contribution in [0.2, 0.25) is 0 Å². The van der Waals surface area contributed by atoms with Gasteiger partial charge in [0.2, 0.25) is 0 Å². The molecule has 0 saturated heterocycles. The predicted molar refractivity (Wildman–Crippen MR) is 64.5 cm³/mol. The second kappa shape index (κ2) is 4.43. The summed E-state index contributed by atoms with van der Waals surface area (Å²) < 4.78 is 5.20. The summed E-state index contributed by atoms with van der Waals surface area (Å²) in [5, 5.41) is 0. The Hall–Kier alpha value is -0.860. The quantitative estimate of drug-likeness (QED) is 0.707. The molecule has 3 saturated carbocycles. The number of esters is 1. The zero-order valence-electron chi connectivity index (χ0n) is 10.9. The first-order valence-electron chi connectivity index (χ1n) is 6.79. The van der Waals surface area contributed by atoms with E-state index < -0.39 is 0 Å². The fourth-order valence-electron chi connectivity index (χ4n) is 3.57. The normalized spacial score (nSPS) is 35.6. The van der Waals surface area contributed by atoms with Crippen LogP contribution in [-0.4, -0.2) is 18.4 Å². The Morgan fingerprint density at radius 3 is 1.82 bits per heavy atom. The molecule has 0 radical (unpaired) electrons. The number of ether oxygens (including phenoxy) is 1. The standard InChI is InChI=1S/C14H22O3/c1-3-11(15)13-5-8-14(9-6-13,10-7-13)12(16)17-4-2/h3-10H2,1-2H3. The molecule has 96 valence electrons. The van der Waals surface area contributed by atoms with E-state index in [0.29, 0.717) is 18.8 Å². The maximum absolute atomic E-state index is 12.0. The summed E-state index contributed by atoms with van der Waals surface area (Å²) in [5.74, 6) is 0.368. The van der Waals surface area contributed by atoms with E-state index >= 15 is 0 Å². The van der Waals surface area contributed by atoms with Crippen LogP contribution in [0.3, 0.4) is 0 Å². The van der Waals surface area contributed by atoms with Crippen molar-refractivity contribution >= 4 is 11.8 Å². The molecule has 0 aromatic heterocycles. The van der Waals surface area contributed by atoms with Crippen molar-refractivity contribution in [3.8, 4) is 0 Å². The molecule has 0 heterocycles. The van der Waals surface area contributed by atoms with Crippen molar-refractivity contribution in [2.24, 2.45) is 10.8 Å². The van der Waals surface area contributed by atoms with Crippen LogP contribution < -0.4 is 0 Å². The lowest BCUT2D eigenvalue weighted by Crippen LogP contribution is -2.49. The van der Waals surface area contributed by atoms with E-state index in [1.165, 1.54) is 0 Å². The number of carbonyl (C=O) groups excluding carboxylic acids is 2. The first-order valence-corrected chi connectivity index (χ1v) is 6.79. The Balaban J connectivity index is 2.09. The molecule has 0 aromatic carbocycles. The van der Waals surface area contributed by atoms with Gasteiger partial charge in [0.15, 0.2) is 0 Å². The van der Waals surface area contributed by atoms with Crippen molar-refractivity contribution in [1.29, 1.82) is 0 Å². The van der Waals surface area contributed by atoms with Crippen LogP contribution in [0.5, 0.6) is 0 Å². The van der Waals surface area contributed by atoms with Gasteiger partial charge in [0.1, 0.15) is 5.78 Å². The monoisotopic (exact) mass is 238 g/mol. The molecular formula is C14H22O3. The minimum absolute atomic E-state index is 0.0303. The molecule has 3 fully saturated rings. The second-order valence-corrected chi connectivity index (χ2v) is 5.56. The molecule has 0 aromatic rings. The molecule has 0 aliphatic heterocycles. The van der Waals surface area contributed by atoms with Crippen molar-refractivity contribution in [1.82, 2.24) is 0 Å². The van der Waals surface area contributed by atoms with E-state index in [1.54, 1.807) is 0 Å². The van der Waals surface area contributed by atoms with Crippen LogP contribution in [0.25, 0.3) is 0 Å². The van der Waals surface area contributed by atoms with Gasteiger partial charge < -0.3 is 4.74 Å². The largest absolute Gasteiger partial charge is 0.466 e. The van der Waals surface area contributed by atoms with Crippen molar-refractivity contribution in [2.45, 2.75) is 58.8 Å². The van der Waals surface area contributed by atoms with Crippen molar-refractivity contribution < 1.29 is 14.3 Å². The van der Waals surface area contributed by atoms with Gasteiger partial charge in [0.25, 0.3) is 0 Å². The van der Waals surface area contributed by atoms with Gasteiger partial charge in [0, 0.05) is 11.8 Å². The summed E-state index contributed by atoms with van der Waals surface area (Å²) in [7, 11) is 0. The molecule has 3 aliphatic carbocycles. The molecule has 0 amide bonds.